The summed E-state index contributed by atoms with van der Waals surface area (Å²) < 4.78 is 15.6. The van der Waals surface area contributed by atoms with E-state index in [9.17, 15) is 4.39 Å². The van der Waals surface area contributed by atoms with Gasteiger partial charge in [0.2, 0.25) is 5.95 Å². The van der Waals surface area contributed by atoms with Crippen molar-refractivity contribution in [3.05, 3.63) is 27.8 Å². The van der Waals surface area contributed by atoms with E-state index in [0.717, 1.165) is 9.09 Å². The summed E-state index contributed by atoms with van der Waals surface area (Å²) in [5.74, 6) is -0.430. The Balaban J connectivity index is 2.88. The Morgan fingerprint density at radius 2 is 2.25 bits per heavy atom. The van der Waals surface area contributed by atoms with E-state index < -0.39 is 5.95 Å². The van der Waals surface area contributed by atoms with Gasteiger partial charge in [-0.15, -0.1) is 0 Å². The van der Waals surface area contributed by atoms with E-state index in [2.05, 4.69) is 27.6 Å². The van der Waals surface area contributed by atoms with Gasteiger partial charge >= 0.3 is 0 Å². The van der Waals surface area contributed by atoms with E-state index in [1.807, 2.05) is 17.7 Å². The third-order valence-electron chi connectivity index (χ3n) is 1.78. The second-order valence-electron chi connectivity index (χ2n) is 2.57. The first-order valence-electron chi connectivity index (χ1n) is 3.46. The summed E-state index contributed by atoms with van der Waals surface area (Å²) in [6.45, 7) is 0. The highest BCUT2D eigenvalue weighted by atomic mass is 127. The molecular weight excluding hydrogens is 270 g/mol. The fourth-order valence-electron chi connectivity index (χ4n) is 1.14. The molecule has 2 aromatic rings. The molecule has 0 amide bonds. The normalized spacial score (nSPS) is 10.9. The summed E-state index contributed by atoms with van der Waals surface area (Å²) in [4.78, 5) is 3.79. The van der Waals surface area contributed by atoms with Crippen molar-refractivity contribution in [1.82, 2.24) is 9.55 Å². The van der Waals surface area contributed by atoms with Crippen LogP contribution in [-0.2, 0) is 7.05 Å². The number of aryl methyl sites for hydroxylation is 1. The molecular formula is C8H6FIN2. The Morgan fingerprint density at radius 3 is 3.00 bits per heavy atom. The summed E-state index contributed by atoms with van der Waals surface area (Å²) in [7, 11) is 1.87. The molecule has 0 N–H and O–H groups in total. The molecule has 0 unspecified atom stereocenters. The van der Waals surface area contributed by atoms with Crippen molar-refractivity contribution in [2.24, 2.45) is 7.05 Å². The molecule has 2 heterocycles. The minimum atomic E-state index is -0.430. The molecule has 4 heteroatoms. The summed E-state index contributed by atoms with van der Waals surface area (Å²) in [6, 6.07) is 5.08. The number of fused-ring (bicyclic) bond motifs is 1. The zero-order valence-electron chi connectivity index (χ0n) is 6.38. The molecule has 2 rings (SSSR count). The van der Waals surface area contributed by atoms with Crippen molar-refractivity contribution >= 4 is 33.6 Å². The molecule has 62 valence electrons. The van der Waals surface area contributed by atoms with Gasteiger partial charge in [-0.2, -0.15) is 4.39 Å². The Hall–Kier alpha value is -0.650. The van der Waals surface area contributed by atoms with Crippen LogP contribution in [0.5, 0.6) is 0 Å². The first-order chi connectivity index (χ1) is 5.68. The van der Waals surface area contributed by atoms with Crippen molar-refractivity contribution in [3.8, 4) is 0 Å². The monoisotopic (exact) mass is 276 g/mol. The lowest BCUT2D eigenvalue weighted by molar-refractivity contribution is 0.586. The van der Waals surface area contributed by atoms with Crippen molar-refractivity contribution in [2.45, 2.75) is 0 Å². The molecule has 0 bridgehead atoms. The Labute approximate surface area is 82.5 Å². The molecule has 0 aliphatic heterocycles. The van der Waals surface area contributed by atoms with Crippen LogP contribution >= 0.6 is 22.6 Å². The highest BCUT2D eigenvalue weighted by molar-refractivity contribution is 14.1. The van der Waals surface area contributed by atoms with Crippen LogP contribution < -0.4 is 0 Å². The molecule has 0 radical (unpaired) electrons. The predicted molar refractivity (Wildman–Crippen MR) is 53.4 cm³/mol. The van der Waals surface area contributed by atoms with Gasteiger partial charge in [0.1, 0.15) is 5.65 Å². The largest absolute Gasteiger partial charge is 0.324 e. The van der Waals surface area contributed by atoms with Gasteiger partial charge in [-0.3, -0.25) is 0 Å². The van der Waals surface area contributed by atoms with Crippen LogP contribution in [0.25, 0.3) is 11.0 Å². The Bertz CT molecular complexity index is 436. The maximum atomic E-state index is 12.7. The highest BCUT2D eigenvalue weighted by Gasteiger charge is 2.04. The van der Waals surface area contributed by atoms with E-state index in [4.69, 9.17) is 0 Å². The van der Waals surface area contributed by atoms with Crippen LogP contribution in [0.2, 0.25) is 0 Å². The van der Waals surface area contributed by atoms with E-state index in [1.165, 1.54) is 6.07 Å². The van der Waals surface area contributed by atoms with Crippen LogP contribution in [0.15, 0.2) is 18.2 Å². The standard InChI is InChI=1S/C8H6FIN2/c1-12-7(10)4-5-2-3-6(9)11-8(5)12/h2-4H,1H3. The van der Waals surface area contributed by atoms with Gasteiger partial charge in [-0.05, 0) is 40.8 Å². The van der Waals surface area contributed by atoms with Crippen LogP contribution in [0.4, 0.5) is 4.39 Å². The maximum Gasteiger partial charge on any atom is 0.214 e. The van der Waals surface area contributed by atoms with Gasteiger partial charge < -0.3 is 4.57 Å². The first kappa shape index (κ1) is 7.97. The van der Waals surface area contributed by atoms with Crippen LogP contribution in [-0.4, -0.2) is 9.55 Å². The predicted octanol–water partition coefficient (Wildman–Crippen LogP) is 2.32. The van der Waals surface area contributed by atoms with Gasteiger partial charge in [0.25, 0.3) is 0 Å². The lowest BCUT2D eigenvalue weighted by Crippen LogP contribution is -1.92. The lowest BCUT2D eigenvalue weighted by atomic mass is 10.3. The SMILES string of the molecule is Cn1c(I)cc2ccc(F)nc21. The molecule has 0 fully saturated rings. The molecule has 2 nitrogen and oxygen atoms in total. The van der Waals surface area contributed by atoms with Crippen LogP contribution in [0, 0.1) is 9.65 Å². The number of hydrogen-bond donors (Lipinski definition) is 0. The number of hydrogen-bond acceptors (Lipinski definition) is 1. The quantitative estimate of drug-likeness (QED) is 0.533. The third kappa shape index (κ3) is 1.10. The van der Waals surface area contributed by atoms with Crippen molar-refractivity contribution in [2.75, 3.05) is 0 Å². The van der Waals surface area contributed by atoms with Gasteiger partial charge in [-0.25, -0.2) is 4.98 Å². The maximum absolute atomic E-state index is 12.7. The Kier molecular flexibility index (Phi) is 1.79. The zero-order chi connectivity index (χ0) is 8.72. The van der Waals surface area contributed by atoms with E-state index in [0.29, 0.717) is 5.65 Å². The number of halogens is 2. The summed E-state index contributed by atoms with van der Waals surface area (Å²) in [5.41, 5.74) is 0.694. The average Bonchev–Trinajstić information content (AvgIpc) is 2.31. The van der Waals surface area contributed by atoms with E-state index >= 15 is 0 Å². The van der Waals surface area contributed by atoms with Crippen molar-refractivity contribution < 1.29 is 4.39 Å². The molecule has 0 saturated heterocycles. The summed E-state index contributed by atoms with van der Waals surface area (Å²) in [5, 5.41) is 0.975. The minimum absolute atomic E-state index is 0.430. The number of pyridine rings is 1. The summed E-state index contributed by atoms with van der Waals surface area (Å²) >= 11 is 2.19. The summed E-state index contributed by atoms with van der Waals surface area (Å²) in [6.07, 6.45) is 0. The molecule has 0 atom stereocenters. The fraction of sp³-hybridized carbons (Fsp3) is 0.125. The minimum Gasteiger partial charge on any atom is -0.324 e. The highest BCUT2D eigenvalue weighted by Crippen LogP contribution is 2.17. The van der Waals surface area contributed by atoms with Crippen LogP contribution in [0.1, 0.15) is 0 Å². The van der Waals surface area contributed by atoms with Gasteiger partial charge in [0, 0.05) is 12.4 Å². The fourth-order valence-corrected chi connectivity index (χ4v) is 1.71. The van der Waals surface area contributed by atoms with Gasteiger partial charge in [-0.1, -0.05) is 0 Å². The Morgan fingerprint density at radius 1 is 1.50 bits per heavy atom. The second kappa shape index (κ2) is 2.69. The smallest absolute Gasteiger partial charge is 0.214 e. The topological polar surface area (TPSA) is 17.8 Å². The molecule has 0 spiro atoms. The zero-order valence-corrected chi connectivity index (χ0v) is 8.54. The molecule has 2 aromatic heterocycles. The van der Waals surface area contributed by atoms with Crippen molar-refractivity contribution in [3.63, 3.8) is 0 Å². The number of aromatic nitrogens is 2. The number of rotatable bonds is 0. The second-order valence-corrected chi connectivity index (χ2v) is 3.68. The first-order valence-corrected chi connectivity index (χ1v) is 4.54. The molecule has 0 aromatic carbocycles. The van der Waals surface area contributed by atoms with Crippen molar-refractivity contribution in [1.29, 1.82) is 0 Å². The lowest BCUT2D eigenvalue weighted by Gasteiger charge is -1.95. The molecule has 0 aliphatic carbocycles. The molecule has 12 heavy (non-hydrogen) atoms. The van der Waals surface area contributed by atoms with E-state index in [-0.39, 0.29) is 0 Å². The average molecular weight is 276 g/mol. The van der Waals surface area contributed by atoms with Gasteiger partial charge in [0.15, 0.2) is 0 Å². The molecule has 0 saturated carbocycles. The van der Waals surface area contributed by atoms with E-state index in [1.54, 1.807) is 6.07 Å². The molecule has 0 aliphatic rings. The van der Waals surface area contributed by atoms with Crippen LogP contribution in [0.3, 0.4) is 0 Å². The third-order valence-corrected chi connectivity index (χ3v) is 2.82. The number of nitrogens with zero attached hydrogens (tertiary/aromatic N) is 2. The van der Waals surface area contributed by atoms with Gasteiger partial charge in [0.05, 0.1) is 3.70 Å².